The maximum absolute atomic E-state index is 6.22. The highest BCUT2D eigenvalue weighted by Crippen LogP contribution is 2.42. The van der Waals surface area contributed by atoms with Crippen molar-refractivity contribution in [2.45, 2.75) is 44.9 Å². The Kier molecular flexibility index (Phi) is 4.54. The largest absolute Gasteiger partial charge is 0.484 e. The Morgan fingerprint density at radius 1 is 1.58 bits per heavy atom. The molecule has 1 N–H and O–H groups in total. The fraction of sp³-hybridized carbons (Fsp3) is 0.600. The Morgan fingerprint density at radius 2 is 2.32 bits per heavy atom. The van der Waals surface area contributed by atoms with Gasteiger partial charge in [0, 0.05) is 29.6 Å². The first kappa shape index (κ1) is 14.8. The second-order valence-electron chi connectivity index (χ2n) is 5.29. The summed E-state index contributed by atoms with van der Waals surface area (Å²) >= 11 is 3.53. The van der Waals surface area contributed by atoms with Crippen molar-refractivity contribution in [3.63, 3.8) is 0 Å². The molecule has 19 heavy (non-hydrogen) atoms. The molecule has 0 aromatic heterocycles. The molecule has 106 valence electrons. The van der Waals surface area contributed by atoms with Gasteiger partial charge in [-0.15, -0.1) is 0 Å². The third-order valence-electron chi connectivity index (χ3n) is 3.96. The molecular weight excluding hydrogens is 306 g/mol. The lowest BCUT2D eigenvalue weighted by Gasteiger charge is -2.43. The molecule has 1 aliphatic heterocycles. The van der Waals surface area contributed by atoms with Crippen molar-refractivity contribution in [3.05, 3.63) is 28.2 Å². The van der Waals surface area contributed by atoms with Crippen LogP contribution in [0, 0.1) is 0 Å². The van der Waals surface area contributed by atoms with Crippen molar-refractivity contribution in [2.24, 2.45) is 0 Å². The van der Waals surface area contributed by atoms with Crippen LogP contribution in [0.1, 0.15) is 38.8 Å². The zero-order valence-corrected chi connectivity index (χ0v) is 13.6. The summed E-state index contributed by atoms with van der Waals surface area (Å²) in [7, 11) is 1.73. The minimum atomic E-state index is -0.303. The van der Waals surface area contributed by atoms with Crippen molar-refractivity contribution in [2.75, 3.05) is 13.7 Å². The van der Waals surface area contributed by atoms with Crippen molar-refractivity contribution in [1.82, 2.24) is 5.32 Å². The van der Waals surface area contributed by atoms with Crippen LogP contribution in [0.2, 0.25) is 0 Å². The van der Waals surface area contributed by atoms with E-state index >= 15 is 0 Å². The fourth-order valence-electron chi connectivity index (χ4n) is 2.62. The van der Waals surface area contributed by atoms with Crippen molar-refractivity contribution in [3.8, 4) is 5.75 Å². The Balaban J connectivity index is 2.38. The number of halogens is 1. The summed E-state index contributed by atoms with van der Waals surface area (Å²) in [5.74, 6) is 0.951. The molecule has 3 nitrogen and oxygen atoms in total. The Morgan fingerprint density at radius 3 is 2.95 bits per heavy atom. The monoisotopic (exact) mass is 327 g/mol. The smallest absolute Gasteiger partial charge is 0.134 e. The molecule has 0 amide bonds. The maximum Gasteiger partial charge on any atom is 0.134 e. The minimum Gasteiger partial charge on any atom is -0.484 e. The van der Waals surface area contributed by atoms with Gasteiger partial charge >= 0.3 is 0 Å². The van der Waals surface area contributed by atoms with Crippen molar-refractivity contribution >= 4 is 15.9 Å². The topological polar surface area (TPSA) is 30.5 Å². The first-order valence-electron chi connectivity index (χ1n) is 6.75. The summed E-state index contributed by atoms with van der Waals surface area (Å²) in [5.41, 5.74) is 0.916. The zero-order valence-electron chi connectivity index (χ0n) is 12.0. The van der Waals surface area contributed by atoms with Crippen molar-refractivity contribution < 1.29 is 9.47 Å². The van der Waals surface area contributed by atoms with Gasteiger partial charge in [-0.05, 0) is 38.6 Å². The van der Waals surface area contributed by atoms with Gasteiger partial charge in [0.05, 0.1) is 6.10 Å². The molecule has 0 aliphatic carbocycles. The number of hydrogen-bond donors (Lipinski definition) is 1. The molecule has 0 saturated heterocycles. The number of rotatable bonds is 4. The molecule has 3 unspecified atom stereocenters. The second-order valence-corrected chi connectivity index (χ2v) is 6.20. The van der Waals surface area contributed by atoms with E-state index < -0.39 is 0 Å². The molecule has 0 fully saturated rings. The summed E-state index contributed by atoms with van der Waals surface area (Å²) in [6.07, 6.45) is 0.949. The van der Waals surface area contributed by atoms with E-state index in [1.807, 2.05) is 12.1 Å². The fourth-order valence-corrected chi connectivity index (χ4v) is 3.00. The van der Waals surface area contributed by atoms with Gasteiger partial charge in [-0.1, -0.05) is 22.9 Å². The zero-order chi connectivity index (χ0) is 14.0. The standard InChI is InChI=1S/C15H22BrNO2/c1-5-17-13-9-15(3,10(2)18-4)19-14-7-6-11(16)8-12(13)14/h6-8,10,13,17H,5,9H2,1-4H3. The van der Waals surface area contributed by atoms with Gasteiger partial charge in [0.2, 0.25) is 0 Å². The number of ether oxygens (including phenoxy) is 2. The number of nitrogens with one attached hydrogen (secondary N) is 1. The maximum atomic E-state index is 6.22. The number of hydrogen-bond acceptors (Lipinski definition) is 3. The van der Waals surface area contributed by atoms with E-state index in [1.165, 1.54) is 5.56 Å². The molecule has 1 aromatic rings. The predicted octanol–water partition coefficient (Wildman–Crippen LogP) is 3.68. The third kappa shape index (κ3) is 2.96. The molecule has 0 saturated carbocycles. The highest BCUT2D eigenvalue weighted by molar-refractivity contribution is 9.10. The van der Waals surface area contributed by atoms with Crippen molar-refractivity contribution in [1.29, 1.82) is 0 Å². The molecule has 0 spiro atoms. The Hall–Kier alpha value is -0.580. The van der Waals surface area contributed by atoms with Gasteiger partial charge in [0.25, 0.3) is 0 Å². The molecule has 1 heterocycles. The van der Waals surface area contributed by atoms with Crippen LogP contribution in [0.3, 0.4) is 0 Å². The van der Waals surface area contributed by atoms with E-state index in [2.05, 4.69) is 48.1 Å². The average Bonchev–Trinajstić information content (AvgIpc) is 2.39. The lowest BCUT2D eigenvalue weighted by molar-refractivity contribution is -0.0730. The first-order valence-corrected chi connectivity index (χ1v) is 7.54. The molecule has 0 bridgehead atoms. The highest BCUT2D eigenvalue weighted by Gasteiger charge is 2.41. The van der Waals surface area contributed by atoms with Crippen LogP contribution >= 0.6 is 15.9 Å². The minimum absolute atomic E-state index is 0.0467. The van der Waals surface area contributed by atoms with Crippen LogP contribution in [-0.2, 0) is 4.74 Å². The lowest BCUT2D eigenvalue weighted by atomic mass is 9.85. The van der Waals surface area contributed by atoms with E-state index in [0.717, 1.165) is 23.2 Å². The van der Waals surface area contributed by atoms with E-state index in [1.54, 1.807) is 7.11 Å². The average molecular weight is 328 g/mol. The summed E-state index contributed by atoms with van der Waals surface area (Å²) in [6.45, 7) is 7.25. The van der Waals surface area contributed by atoms with E-state index in [9.17, 15) is 0 Å². The molecule has 0 radical (unpaired) electrons. The predicted molar refractivity (Wildman–Crippen MR) is 80.7 cm³/mol. The SMILES string of the molecule is CCNC1CC(C)(C(C)OC)Oc2ccc(Br)cc21. The highest BCUT2D eigenvalue weighted by atomic mass is 79.9. The quantitative estimate of drug-likeness (QED) is 0.915. The Bertz CT molecular complexity index is 452. The molecule has 4 heteroatoms. The van der Waals surface area contributed by atoms with E-state index in [4.69, 9.17) is 9.47 Å². The van der Waals surface area contributed by atoms with Gasteiger partial charge in [-0.3, -0.25) is 0 Å². The second kappa shape index (κ2) is 5.81. The summed E-state index contributed by atoms with van der Waals surface area (Å²) < 4.78 is 12.8. The molecule has 3 atom stereocenters. The van der Waals surface area contributed by atoms with Crippen LogP contribution in [-0.4, -0.2) is 25.4 Å². The number of methoxy groups -OCH3 is 1. The van der Waals surface area contributed by atoms with Crippen LogP contribution in [0.4, 0.5) is 0 Å². The summed E-state index contributed by atoms with van der Waals surface area (Å²) in [6, 6.07) is 6.49. The summed E-state index contributed by atoms with van der Waals surface area (Å²) in [5, 5.41) is 3.55. The molecule has 1 aromatic carbocycles. The number of fused-ring (bicyclic) bond motifs is 1. The number of benzene rings is 1. The normalized spacial score (nSPS) is 27.5. The molecule has 1 aliphatic rings. The van der Waals surface area contributed by atoms with Gasteiger partial charge in [0.15, 0.2) is 0 Å². The third-order valence-corrected chi connectivity index (χ3v) is 4.46. The van der Waals surface area contributed by atoms with Gasteiger partial charge in [-0.25, -0.2) is 0 Å². The van der Waals surface area contributed by atoms with E-state index in [-0.39, 0.29) is 11.7 Å². The molecule has 2 rings (SSSR count). The van der Waals surface area contributed by atoms with Gasteiger partial charge in [0.1, 0.15) is 11.4 Å². The van der Waals surface area contributed by atoms with Gasteiger partial charge in [-0.2, -0.15) is 0 Å². The Labute approximate surface area is 123 Å². The van der Waals surface area contributed by atoms with Crippen LogP contribution in [0.5, 0.6) is 5.75 Å². The first-order chi connectivity index (χ1) is 9.00. The lowest BCUT2D eigenvalue weighted by Crippen LogP contribution is -2.49. The van der Waals surface area contributed by atoms with Crippen LogP contribution in [0.25, 0.3) is 0 Å². The van der Waals surface area contributed by atoms with Gasteiger partial charge < -0.3 is 14.8 Å². The van der Waals surface area contributed by atoms with E-state index in [0.29, 0.717) is 6.04 Å². The van der Waals surface area contributed by atoms with Crippen LogP contribution < -0.4 is 10.1 Å². The van der Waals surface area contributed by atoms with Crippen LogP contribution in [0.15, 0.2) is 22.7 Å². The molecular formula is C15H22BrNO2. The summed E-state index contributed by atoms with van der Waals surface area (Å²) in [4.78, 5) is 0.